The van der Waals surface area contributed by atoms with E-state index < -0.39 is 11.9 Å². The first-order valence-corrected chi connectivity index (χ1v) is 13.9. The van der Waals surface area contributed by atoms with Crippen molar-refractivity contribution in [2.45, 2.75) is 52.4 Å². The van der Waals surface area contributed by atoms with Gasteiger partial charge in [-0.1, -0.05) is 54.1 Å². The Hall–Kier alpha value is -3.02. The Morgan fingerprint density at radius 3 is 2.19 bits per heavy atom. The highest BCUT2D eigenvalue weighted by molar-refractivity contribution is 7.12. The van der Waals surface area contributed by atoms with Crippen LogP contribution in [0.25, 0.3) is 10.8 Å². The molecule has 4 aromatic rings. The fourth-order valence-corrected chi connectivity index (χ4v) is 7.84. The number of rotatable bonds is 7. The summed E-state index contributed by atoms with van der Waals surface area (Å²) >= 11 is 3.56. The number of thiophene rings is 2. The van der Waals surface area contributed by atoms with E-state index in [1.54, 1.807) is 22.7 Å². The normalized spacial score (nSPS) is 18.4. The summed E-state index contributed by atoms with van der Waals surface area (Å²) < 4.78 is 0. The van der Waals surface area contributed by atoms with E-state index in [0.717, 1.165) is 21.9 Å². The van der Waals surface area contributed by atoms with Crippen LogP contribution in [0.3, 0.4) is 0 Å². The van der Waals surface area contributed by atoms with Crippen molar-refractivity contribution in [2.75, 3.05) is 0 Å². The van der Waals surface area contributed by atoms with Gasteiger partial charge in [-0.3, -0.25) is 9.59 Å². The van der Waals surface area contributed by atoms with E-state index in [4.69, 9.17) is 0 Å². The molecule has 0 amide bonds. The van der Waals surface area contributed by atoms with Gasteiger partial charge in [0.25, 0.3) is 0 Å². The van der Waals surface area contributed by atoms with E-state index in [2.05, 4.69) is 45.9 Å². The number of carboxylic acids is 1. The molecule has 3 atom stereocenters. The van der Waals surface area contributed by atoms with Gasteiger partial charge in [-0.2, -0.15) is 0 Å². The Labute approximate surface area is 220 Å². The molecular formula is C31H30O3S2. The summed E-state index contributed by atoms with van der Waals surface area (Å²) in [7, 11) is 0. The van der Waals surface area contributed by atoms with Crippen molar-refractivity contribution in [2.24, 2.45) is 5.92 Å². The number of fused-ring (bicyclic) bond motifs is 1. The molecule has 184 valence electrons. The third-order valence-electron chi connectivity index (χ3n) is 7.38. The molecular weight excluding hydrogens is 484 g/mol. The van der Waals surface area contributed by atoms with Crippen molar-refractivity contribution < 1.29 is 14.7 Å². The number of hydrogen-bond donors (Lipinski definition) is 1. The molecule has 0 radical (unpaired) electrons. The first-order valence-electron chi connectivity index (χ1n) is 12.3. The highest BCUT2D eigenvalue weighted by Crippen LogP contribution is 2.50. The molecule has 5 heteroatoms. The number of aliphatic carboxylic acids is 1. The lowest BCUT2D eigenvalue weighted by molar-refractivity contribution is -0.144. The molecule has 0 fully saturated rings. The predicted octanol–water partition coefficient (Wildman–Crippen LogP) is 7.91. The van der Waals surface area contributed by atoms with Gasteiger partial charge < -0.3 is 5.11 Å². The molecule has 2 heterocycles. The van der Waals surface area contributed by atoms with Crippen LogP contribution in [0.4, 0.5) is 0 Å². The van der Waals surface area contributed by atoms with Crippen LogP contribution in [0, 0.1) is 33.6 Å². The lowest BCUT2D eigenvalue weighted by Crippen LogP contribution is -2.27. The first-order chi connectivity index (χ1) is 17.2. The van der Waals surface area contributed by atoms with Crippen LogP contribution in [0.1, 0.15) is 54.5 Å². The van der Waals surface area contributed by atoms with Crippen molar-refractivity contribution in [1.29, 1.82) is 0 Å². The number of carboxylic acid groups (broad SMARTS) is 1. The van der Waals surface area contributed by atoms with Crippen molar-refractivity contribution >= 4 is 45.2 Å². The number of allylic oxidation sites excluding steroid dienone is 1. The van der Waals surface area contributed by atoms with E-state index in [1.807, 2.05) is 42.5 Å². The molecule has 3 nitrogen and oxygen atoms in total. The van der Waals surface area contributed by atoms with E-state index in [1.165, 1.54) is 30.6 Å². The Balaban J connectivity index is 1.52. The van der Waals surface area contributed by atoms with E-state index in [9.17, 15) is 14.7 Å². The zero-order valence-electron chi connectivity index (χ0n) is 21.0. The maximum Gasteiger partial charge on any atom is 0.318 e. The minimum atomic E-state index is -1.13. The second-order valence-electron chi connectivity index (χ2n) is 9.87. The molecule has 1 aliphatic rings. The van der Waals surface area contributed by atoms with E-state index >= 15 is 0 Å². The average Bonchev–Trinajstić information content (AvgIpc) is 3.49. The Kier molecular flexibility index (Phi) is 6.71. The molecule has 5 rings (SSSR count). The van der Waals surface area contributed by atoms with Crippen molar-refractivity contribution in [3.63, 3.8) is 0 Å². The maximum absolute atomic E-state index is 13.6. The average molecular weight is 515 g/mol. The fourth-order valence-electron chi connectivity index (χ4n) is 5.86. The van der Waals surface area contributed by atoms with Crippen molar-refractivity contribution in [3.05, 3.63) is 102 Å². The molecule has 0 aliphatic heterocycles. The topological polar surface area (TPSA) is 54.4 Å². The van der Waals surface area contributed by atoms with E-state index in [-0.39, 0.29) is 24.0 Å². The van der Waals surface area contributed by atoms with Crippen LogP contribution in [-0.2, 0) is 16.0 Å². The summed E-state index contributed by atoms with van der Waals surface area (Å²) in [5.41, 5.74) is 4.16. The largest absolute Gasteiger partial charge is 0.480 e. The zero-order valence-corrected chi connectivity index (χ0v) is 22.6. The van der Waals surface area contributed by atoms with Gasteiger partial charge in [0, 0.05) is 31.8 Å². The fraction of sp³-hybridized carbons (Fsp3) is 0.290. The van der Waals surface area contributed by atoms with Gasteiger partial charge in [-0.25, -0.2) is 0 Å². The third-order valence-corrected chi connectivity index (χ3v) is 9.35. The summed E-state index contributed by atoms with van der Waals surface area (Å²) in [4.78, 5) is 31.2. The molecule has 0 bridgehead atoms. The standard InChI is InChI=1S/C31H30O3S2/c1-17-12-25(19(3)35-17)27-14-23(15-28(27)26-13-18(2)36-20(26)4)30(31(33)34)29(32)16-22-10-7-9-21-8-5-6-11-24(21)22/h5-14,27-28,30H,15-16H2,1-4H3,(H,33,34). The summed E-state index contributed by atoms with van der Waals surface area (Å²) in [5.74, 6) is -2.21. The minimum Gasteiger partial charge on any atom is -0.480 e. The first kappa shape index (κ1) is 24.7. The van der Waals surface area contributed by atoms with Crippen LogP contribution in [0.5, 0.6) is 0 Å². The van der Waals surface area contributed by atoms with Crippen LogP contribution in [0.15, 0.2) is 66.2 Å². The number of carbonyl (C=O) groups is 2. The van der Waals surface area contributed by atoms with Gasteiger partial charge in [0.15, 0.2) is 5.78 Å². The van der Waals surface area contributed by atoms with E-state index in [0.29, 0.717) is 6.42 Å². The predicted molar refractivity (Wildman–Crippen MR) is 150 cm³/mol. The van der Waals surface area contributed by atoms with Gasteiger partial charge in [0.05, 0.1) is 0 Å². The van der Waals surface area contributed by atoms with Crippen LogP contribution in [0.2, 0.25) is 0 Å². The summed E-state index contributed by atoms with van der Waals surface area (Å²) in [5, 5.41) is 12.3. The van der Waals surface area contributed by atoms with Crippen molar-refractivity contribution in [1.82, 2.24) is 0 Å². The molecule has 0 spiro atoms. The highest BCUT2D eigenvalue weighted by atomic mass is 32.1. The molecule has 0 saturated carbocycles. The Morgan fingerprint density at radius 1 is 0.917 bits per heavy atom. The number of ketones is 1. The monoisotopic (exact) mass is 514 g/mol. The second kappa shape index (κ2) is 9.79. The quantitative estimate of drug-likeness (QED) is 0.201. The lowest BCUT2D eigenvalue weighted by atomic mass is 9.83. The van der Waals surface area contributed by atoms with Gasteiger partial charge >= 0.3 is 5.97 Å². The van der Waals surface area contributed by atoms with Gasteiger partial charge in [0.2, 0.25) is 0 Å². The minimum absolute atomic E-state index is 0.0739. The molecule has 0 saturated heterocycles. The van der Waals surface area contributed by atoms with Gasteiger partial charge in [-0.15, -0.1) is 22.7 Å². The number of carbonyl (C=O) groups excluding carboxylic acids is 1. The number of benzene rings is 2. The smallest absolute Gasteiger partial charge is 0.318 e. The Morgan fingerprint density at radius 2 is 1.56 bits per heavy atom. The SMILES string of the molecule is Cc1cc(C2C=C(C(C(=O)O)C(=O)Cc3cccc4ccccc34)CC2c2cc(C)sc2C)c(C)s1. The lowest BCUT2D eigenvalue weighted by Gasteiger charge is -2.20. The second-order valence-corrected chi connectivity index (χ2v) is 12.8. The Bertz CT molecular complexity index is 1500. The molecule has 2 aromatic carbocycles. The molecule has 2 aromatic heterocycles. The zero-order chi connectivity index (χ0) is 25.6. The molecule has 36 heavy (non-hydrogen) atoms. The third kappa shape index (κ3) is 4.58. The summed E-state index contributed by atoms with van der Waals surface area (Å²) in [6.45, 7) is 8.52. The highest BCUT2D eigenvalue weighted by Gasteiger charge is 2.40. The summed E-state index contributed by atoms with van der Waals surface area (Å²) in [6, 6.07) is 18.3. The van der Waals surface area contributed by atoms with Gasteiger partial charge in [-0.05, 0) is 79.6 Å². The summed E-state index contributed by atoms with van der Waals surface area (Å²) in [6.07, 6.45) is 2.80. The molecule has 1 N–H and O–H groups in total. The molecule has 3 unspecified atom stereocenters. The maximum atomic E-state index is 13.6. The van der Waals surface area contributed by atoms with Gasteiger partial charge in [0.1, 0.15) is 5.92 Å². The molecule has 1 aliphatic carbocycles. The number of hydrogen-bond acceptors (Lipinski definition) is 4. The van der Waals surface area contributed by atoms with Crippen LogP contribution < -0.4 is 0 Å². The number of Topliss-reactive ketones (excluding diaryl/α,β-unsaturated/α-hetero) is 1. The van der Waals surface area contributed by atoms with Crippen LogP contribution in [-0.4, -0.2) is 16.9 Å². The van der Waals surface area contributed by atoms with Crippen molar-refractivity contribution in [3.8, 4) is 0 Å². The van der Waals surface area contributed by atoms with Crippen LogP contribution >= 0.6 is 22.7 Å². The number of aryl methyl sites for hydroxylation is 4.